The zero-order chi connectivity index (χ0) is 19.9. The second-order valence-electron chi connectivity index (χ2n) is 6.91. The number of amides is 1. The van der Waals surface area contributed by atoms with Gasteiger partial charge in [0.1, 0.15) is 12.5 Å². The van der Waals surface area contributed by atoms with Crippen molar-refractivity contribution < 1.29 is 19.1 Å². The summed E-state index contributed by atoms with van der Waals surface area (Å²) < 4.78 is 5.29. The number of ether oxygens (including phenoxy) is 1. The minimum absolute atomic E-state index is 0.111. The maximum Gasteiger partial charge on any atom is 0.318 e. The zero-order valence-corrected chi connectivity index (χ0v) is 15.5. The van der Waals surface area contributed by atoms with Crippen LogP contribution >= 0.6 is 0 Å². The Morgan fingerprint density at radius 3 is 2.75 bits per heavy atom. The van der Waals surface area contributed by atoms with Gasteiger partial charge in [0.25, 0.3) is 0 Å². The van der Waals surface area contributed by atoms with E-state index in [1.807, 2.05) is 30.3 Å². The van der Waals surface area contributed by atoms with Crippen LogP contribution in [0.1, 0.15) is 30.5 Å². The number of hydrogen-bond donors (Lipinski definition) is 3. The molecule has 2 aromatic rings. The molecular weight excluding hydrogens is 360 g/mol. The molecule has 2 unspecified atom stereocenters. The number of benzene rings is 1. The summed E-state index contributed by atoms with van der Waals surface area (Å²) in [5.74, 6) is -2.23. The van der Waals surface area contributed by atoms with Gasteiger partial charge in [-0.05, 0) is 24.8 Å². The van der Waals surface area contributed by atoms with Crippen LogP contribution in [0.15, 0.2) is 42.9 Å². The summed E-state index contributed by atoms with van der Waals surface area (Å²) in [5.41, 5.74) is 7.53. The molecule has 1 aliphatic heterocycles. The van der Waals surface area contributed by atoms with Crippen molar-refractivity contribution in [1.82, 2.24) is 15.3 Å². The topological polar surface area (TPSA) is 127 Å². The van der Waals surface area contributed by atoms with Crippen LogP contribution in [0.4, 0.5) is 0 Å². The maximum absolute atomic E-state index is 12.6. The number of imidazole rings is 1. The fraction of sp³-hybridized carbons (Fsp3) is 0.400. The lowest BCUT2D eigenvalue weighted by molar-refractivity contribution is -0.154. The number of aromatic amines is 1. The average molecular weight is 384 g/mol. The summed E-state index contributed by atoms with van der Waals surface area (Å²) >= 11 is 0. The van der Waals surface area contributed by atoms with Gasteiger partial charge >= 0.3 is 5.97 Å². The third-order valence-electron chi connectivity index (χ3n) is 4.82. The Morgan fingerprint density at radius 2 is 2.04 bits per heavy atom. The Balaban J connectivity index is 1.54. The number of H-pyrrole nitrogens is 1. The number of Topliss-reactive ketones (excluding diaryl/α,β-unsaturated/α-hetero) is 1. The summed E-state index contributed by atoms with van der Waals surface area (Å²) in [6.45, 7) is 0.111. The molecule has 1 saturated heterocycles. The van der Waals surface area contributed by atoms with Gasteiger partial charge in [-0.3, -0.25) is 14.4 Å². The molecule has 1 aliphatic rings. The quantitative estimate of drug-likeness (QED) is 0.480. The van der Waals surface area contributed by atoms with Crippen molar-refractivity contribution in [3.63, 3.8) is 0 Å². The molecular formula is C20H24N4O4. The second kappa shape index (κ2) is 9.27. The zero-order valence-electron chi connectivity index (χ0n) is 15.5. The monoisotopic (exact) mass is 384 g/mol. The van der Waals surface area contributed by atoms with Crippen LogP contribution in [0.5, 0.6) is 0 Å². The first-order chi connectivity index (χ1) is 13.5. The first-order valence-electron chi connectivity index (χ1n) is 9.32. The molecule has 148 valence electrons. The van der Waals surface area contributed by atoms with Gasteiger partial charge in [-0.15, -0.1) is 0 Å². The van der Waals surface area contributed by atoms with E-state index in [-0.39, 0.29) is 18.8 Å². The van der Waals surface area contributed by atoms with Gasteiger partial charge in [-0.2, -0.15) is 0 Å². The van der Waals surface area contributed by atoms with E-state index in [1.54, 1.807) is 6.20 Å². The van der Waals surface area contributed by atoms with Crippen LogP contribution < -0.4 is 11.1 Å². The number of carbonyl (C=O) groups is 3. The number of esters is 1. The predicted octanol–water partition coefficient (Wildman–Crippen LogP) is 0.877. The number of carbonyl (C=O) groups excluding carboxylic acids is 3. The first-order valence-corrected chi connectivity index (χ1v) is 9.32. The highest BCUT2D eigenvalue weighted by Crippen LogP contribution is 2.19. The van der Waals surface area contributed by atoms with Crippen LogP contribution in [0.25, 0.3) is 0 Å². The molecule has 0 aliphatic carbocycles. The van der Waals surface area contributed by atoms with E-state index >= 15 is 0 Å². The molecule has 0 radical (unpaired) electrons. The van der Waals surface area contributed by atoms with Gasteiger partial charge in [0.05, 0.1) is 24.1 Å². The summed E-state index contributed by atoms with van der Waals surface area (Å²) in [5, 5.41) is 2.67. The summed E-state index contributed by atoms with van der Waals surface area (Å²) in [4.78, 5) is 44.3. The molecule has 3 rings (SSSR count). The molecule has 0 bridgehead atoms. The van der Waals surface area contributed by atoms with Gasteiger partial charge in [0, 0.05) is 12.6 Å². The third kappa shape index (κ3) is 5.04. The highest BCUT2D eigenvalue weighted by Gasteiger charge is 2.35. The summed E-state index contributed by atoms with van der Waals surface area (Å²) in [7, 11) is 0. The lowest BCUT2D eigenvalue weighted by atomic mass is 9.98. The lowest BCUT2D eigenvalue weighted by Gasteiger charge is -2.19. The molecule has 0 saturated carbocycles. The highest BCUT2D eigenvalue weighted by atomic mass is 16.5. The number of rotatable bonds is 7. The molecule has 0 spiro atoms. The number of nitrogens with zero attached hydrogens (tertiary/aromatic N) is 1. The Kier molecular flexibility index (Phi) is 6.54. The van der Waals surface area contributed by atoms with Gasteiger partial charge in [-0.1, -0.05) is 30.3 Å². The number of nitrogens with two attached hydrogens (primary N) is 1. The predicted molar refractivity (Wildman–Crippen MR) is 101 cm³/mol. The molecule has 3 atom stereocenters. The second-order valence-corrected chi connectivity index (χ2v) is 6.91. The summed E-state index contributed by atoms with van der Waals surface area (Å²) in [6.07, 6.45) is 4.83. The smallest absolute Gasteiger partial charge is 0.318 e. The van der Waals surface area contributed by atoms with Crippen LogP contribution in [-0.2, 0) is 32.1 Å². The van der Waals surface area contributed by atoms with Crippen molar-refractivity contribution in [1.29, 1.82) is 0 Å². The number of ketones is 1. The van der Waals surface area contributed by atoms with Gasteiger partial charge in [-0.25, -0.2) is 4.98 Å². The molecule has 8 nitrogen and oxygen atoms in total. The van der Waals surface area contributed by atoms with Crippen LogP contribution in [-0.4, -0.2) is 39.7 Å². The molecule has 28 heavy (non-hydrogen) atoms. The Morgan fingerprint density at radius 1 is 1.25 bits per heavy atom. The largest absolute Gasteiger partial charge is 0.460 e. The summed E-state index contributed by atoms with van der Waals surface area (Å²) in [6, 6.07) is 7.79. The van der Waals surface area contributed by atoms with Crippen LogP contribution in [0.2, 0.25) is 0 Å². The third-order valence-corrected chi connectivity index (χ3v) is 4.82. The molecule has 1 fully saturated rings. The molecule has 4 N–H and O–H groups in total. The van der Waals surface area contributed by atoms with E-state index in [2.05, 4.69) is 15.3 Å². The Labute approximate surface area is 162 Å². The van der Waals surface area contributed by atoms with Crippen LogP contribution in [0, 0.1) is 5.92 Å². The number of hydrogen-bond acceptors (Lipinski definition) is 6. The molecule has 1 aromatic heterocycles. The van der Waals surface area contributed by atoms with Crippen LogP contribution in [0.3, 0.4) is 0 Å². The van der Waals surface area contributed by atoms with E-state index in [9.17, 15) is 14.4 Å². The average Bonchev–Trinajstić information content (AvgIpc) is 3.13. The number of aromatic nitrogens is 2. The minimum atomic E-state index is -0.913. The van der Waals surface area contributed by atoms with E-state index in [4.69, 9.17) is 10.5 Å². The van der Waals surface area contributed by atoms with Crippen molar-refractivity contribution in [3.05, 3.63) is 54.1 Å². The fourth-order valence-electron chi connectivity index (χ4n) is 3.26. The maximum atomic E-state index is 12.6. The number of nitrogens with one attached hydrogen (secondary N) is 2. The normalized spacial score (nSPS) is 20.7. The molecule has 8 heteroatoms. The Hall–Kier alpha value is -3.00. The van der Waals surface area contributed by atoms with Gasteiger partial charge in [0.2, 0.25) is 5.91 Å². The van der Waals surface area contributed by atoms with E-state index < -0.39 is 29.9 Å². The minimum Gasteiger partial charge on any atom is -0.460 e. The van der Waals surface area contributed by atoms with E-state index in [1.165, 1.54) is 6.33 Å². The van der Waals surface area contributed by atoms with Crippen molar-refractivity contribution >= 4 is 17.7 Å². The SMILES string of the molecule is N[C@@H](Cc1c[nH]cn1)C(=O)C1CCCC(C(=O)OCc2ccccc2)C(=O)N1. The lowest BCUT2D eigenvalue weighted by Crippen LogP contribution is -2.49. The van der Waals surface area contributed by atoms with Gasteiger partial charge in [0.15, 0.2) is 5.78 Å². The van der Waals surface area contributed by atoms with Crippen molar-refractivity contribution in [2.24, 2.45) is 11.7 Å². The standard InChI is InChI=1S/C20H24N4O4/c21-16(9-14-10-22-12-23-14)18(25)17-8-4-7-15(19(26)24-17)20(27)28-11-13-5-2-1-3-6-13/h1-3,5-6,10,12,15-17H,4,7-9,11,21H2,(H,22,23)(H,24,26)/t15?,16-,17?/m0/s1. The molecule has 1 aromatic carbocycles. The van der Waals surface area contributed by atoms with Gasteiger partial charge < -0.3 is 20.8 Å². The molecule has 2 heterocycles. The van der Waals surface area contributed by atoms with Crippen molar-refractivity contribution in [2.75, 3.05) is 0 Å². The molecule has 1 amide bonds. The van der Waals surface area contributed by atoms with Crippen molar-refractivity contribution in [3.8, 4) is 0 Å². The highest BCUT2D eigenvalue weighted by molar-refractivity contribution is 6.01. The fourth-order valence-corrected chi connectivity index (χ4v) is 3.26. The first kappa shape index (κ1) is 19.8. The Bertz CT molecular complexity index is 807. The van der Waals surface area contributed by atoms with E-state index in [0.29, 0.717) is 25.0 Å². The van der Waals surface area contributed by atoms with E-state index in [0.717, 1.165) is 5.56 Å². The van der Waals surface area contributed by atoms with Crippen molar-refractivity contribution in [2.45, 2.75) is 44.4 Å².